The Kier molecular flexibility index (Phi) is 4.01. The smallest absolute Gasteiger partial charge is 0.259 e. The second kappa shape index (κ2) is 5.81. The molecule has 1 aliphatic heterocycles. The molecule has 1 atom stereocenters. The van der Waals surface area contributed by atoms with Crippen LogP contribution in [-0.2, 0) is 11.2 Å². The van der Waals surface area contributed by atoms with Crippen LogP contribution in [0.4, 0.5) is 0 Å². The Morgan fingerprint density at radius 1 is 1.50 bits per heavy atom. The lowest BCUT2D eigenvalue weighted by molar-refractivity contribution is -0.130. The van der Waals surface area contributed by atoms with Crippen LogP contribution in [0.25, 0.3) is 10.2 Å². The van der Waals surface area contributed by atoms with Crippen LogP contribution < -0.4 is 5.56 Å². The fraction of sp³-hybridized carbons (Fsp3) is 0.533. The summed E-state index contributed by atoms with van der Waals surface area (Å²) >= 11 is 1.51. The molecule has 0 bridgehead atoms. The second-order valence-electron chi connectivity index (χ2n) is 5.76. The Bertz CT molecular complexity index is 780. The number of fused-ring (bicyclic) bond motifs is 1. The fourth-order valence-corrected chi connectivity index (χ4v) is 3.82. The van der Waals surface area contributed by atoms with E-state index in [1.54, 1.807) is 4.90 Å². The number of amides is 1. The molecule has 1 amide bonds. The summed E-state index contributed by atoms with van der Waals surface area (Å²) in [5.41, 5.74) is 0.841. The zero-order valence-corrected chi connectivity index (χ0v) is 13.5. The first-order valence-electron chi connectivity index (χ1n) is 7.40. The van der Waals surface area contributed by atoms with Gasteiger partial charge in [-0.3, -0.25) is 9.59 Å². The molecule has 0 aliphatic carbocycles. The predicted octanol–water partition coefficient (Wildman–Crippen LogP) is 1.13. The van der Waals surface area contributed by atoms with Crippen LogP contribution in [0, 0.1) is 13.8 Å². The number of aryl methyl sites for hydroxylation is 3. The van der Waals surface area contributed by atoms with Crippen LogP contribution in [0.2, 0.25) is 0 Å². The molecule has 1 fully saturated rings. The van der Waals surface area contributed by atoms with Gasteiger partial charge in [-0.1, -0.05) is 0 Å². The Labute approximate surface area is 131 Å². The van der Waals surface area contributed by atoms with E-state index >= 15 is 0 Å². The molecule has 2 aromatic rings. The van der Waals surface area contributed by atoms with Crippen LogP contribution in [0.3, 0.4) is 0 Å². The van der Waals surface area contributed by atoms with Gasteiger partial charge in [-0.15, -0.1) is 11.3 Å². The summed E-state index contributed by atoms with van der Waals surface area (Å²) < 4.78 is 0. The van der Waals surface area contributed by atoms with Crippen molar-refractivity contribution in [1.29, 1.82) is 0 Å². The van der Waals surface area contributed by atoms with E-state index < -0.39 is 6.10 Å². The standard InChI is InChI=1S/C15H19N3O3S/c1-8-9(2)22-15-13(8)14(21)16-11(17-15)3-4-12(20)18-6-5-10(19)7-18/h10,19H,3-7H2,1-2H3,(H,16,17,21)/t10-/m1/s1. The van der Waals surface area contributed by atoms with Crippen LogP contribution in [0.5, 0.6) is 0 Å². The molecule has 0 aromatic carbocycles. The lowest BCUT2D eigenvalue weighted by atomic mass is 10.2. The van der Waals surface area contributed by atoms with E-state index in [-0.39, 0.29) is 11.5 Å². The fourth-order valence-electron chi connectivity index (χ4n) is 2.77. The molecular formula is C15H19N3O3S. The van der Waals surface area contributed by atoms with Crippen molar-refractivity contribution in [3.8, 4) is 0 Å². The van der Waals surface area contributed by atoms with Crippen molar-refractivity contribution >= 4 is 27.5 Å². The number of nitrogens with zero attached hydrogens (tertiary/aromatic N) is 2. The highest BCUT2D eigenvalue weighted by atomic mass is 32.1. The number of hydrogen-bond acceptors (Lipinski definition) is 5. The maximum atomic E-state index is 12.2. The monoisotopic (exact) mass is 321 g/mol. The topological polar surface area (TPSA) is 86.3 Å². The van der Waals surface area contributed by atoms with E-state index in [0.29, 0.717) is 43.6 Å². The van der Waals surface area contributed by atoms with Crippen molar-refractivity contribution in [1.82, 2.24) is 14.9 Å². The van der Waals surface area contributed by atoms with Crippen LogP contribution in [0.1, 0.15) is 29.1 Å². The van der Waals surface area contributed by atoms with Crippen molar-refractivity contribution in [2.45, 2.75) is 39.2 Å². The number of β-amino-alcohol motifs (C(OH)–C–C–N with tert-alkyl or cyclic N) is 1. The van der Waals surface area contributed by atoms with Crippen molar-refractivity contribution in [3.05, 3.63) is 26.6 Å². The Balaban J connectivity index is 1.74. The molecule has 3 heterocycles. The number of aromatic amines is 1. The van der Waals surface area contributed by atoms with Gasteiger partial charge in [0.2, 0.25) is 5.91 Å². The lowest BCUT2D eigenvalue weighted by Crippen LogP contribution is -2.30. The van der Waals surface area contributed by atoms with E-state index in [1.807, 2.05) is 13.8 Å². The van der Waals surface area contributed by atoms with Crippen LogP contribution in [-0.4, -0.2) is 45.1 Å². The summed E-state index contributed by atoms with van der Waals surface area (Å²) in [5, 5.41) is 10.1. The van der Waals surface area contributed by atoms with Crippen molar-refractivity contribution in [2.75, 3.05) is 13.1 Å². The first-order valence-corrected chi connectivity index (χ1v) is 8.22. The van der Waals surface area contributed by atoms with Gasteiger partial charge in [0.15, 0.2) is 0 Å². The highest BCUT2D eigenvalue weighted by Crippen LogP contribution is 2.25. The average Bonchev–Trinajstić information content (AvgIpc) is 3.01. The highest BCUT2D eigenvalue weighted by Gasteiger charge is 2.24. The minimum absolute atomic E-state index is 0.00200. The van der Waals surface area contributed by atoms with E-state index in [0.717, 1.165) is 15.3 Å². The molecule has 6 nitrogen and oxygen atoms in total. The number of carbonyl (C=O) groups is 1. The number of aliphatic hydroxyl groups excluding tert-OH is 1. The molecule has 3 rings (SSSR count). The normalized spacial score (nSPS) is 18.3. The number of carbonyl (C=O) groups excluding carboxylic acids is 1. The first kappa shape index (κ1) is 15.2. The SMILES string of the molecule is Cc1sc2nc(CCC(=O)N3CC[C@@H](O)C3)[nH]c(=O)c2c1C. The number of H-pyrrole nitrogens is 1. The zero-order valence-electron chi connectivity index (χ0n) is 12.7. The summed E-state index contributed by atoms with van der Waals surface area (Å²) in [7, 11) is 0. The van der Waals surface area contributed by atoms with Gasteiger partial charge >= 0.3 is 0 Å². The minimum Gasteiger partial charge on any atom is -0.391 e. The number of aliphatic hydroxyl groups is 1. The molecule has 0 unspecified atom stereocenters. The maximum Gasteiger partial charge on any atom is 0.259 e. The third-order valence-corrected chi connectivity index (χ3v) is 5.28. The van der Waals surface area contributed by atoms with Gasteiger partial charge in [0.25, 0.3) is 5.56 Å². The van der Waals surface area contributed by atoms with Crippen LogP contribution in [0.15, 0.2) is 4.79 Å². The third-order valence-electron chi connectivity index (χ3n) is 4.18. The van der Waals surface area contributed by atoms with Gasteiger partial charge in [0.1, 0.15) is 10.7 Å². The Morgan fingerprint density at radius 2 is 2.27 bits per heavy atom. The van der Waals surface area contributed by atoms with Gasteiger partial charge in [-0.2, -0.15) is 0 Å². The summed E-state index contributed by atoms with van der Waals surface area (Å²) in [5.74, 6) is 0.546. The van der Waals surface area contributed by atoms with E-state index in [2.05, 4.69) is 9.97 Å². The first-order chi connectivity index (χ1) is 10.5. The average molecular weight is 321 g/mol. The molecule has 1 aliphatic rings. The lowest BCUT2D eigenvalue weighted by Gasteiger charge is -2.14. The second-order valence-corrected chi connectivity index (χ2v) is 6.96. The van der Waals surface area contributed by atoms with Gasteiger partial charge in [-0.25, -0.2) is 4.98 Å². The summed E-state index contributed by atoms with van der Waals surface area (Å²) in [4.78, 5) is 35.0. The highest BCUT2D eigenvalue weighted by molar-refractivity contribution is 7.18. The molecule has 0 radical (unpaired) electrons. The predicted molar refractivity (Wildman–Crippen MR) is 85.2 cm³/mol. The number of rotatable bonds is 3. The summed E-state index contributed by atoms with van der Waals surface area (Å²) in [6.45, 7) is 4.91. The molecule has 1 saturated heterocycles. The number of nitrogens with one attached hydrogen (secondary N) is 1. The molecule has 118 valence electrons. The van der Waals surface area contributed by atoms with E-state index in [1.165, 1.54) is 11.3 Å². The Hall–Kier alpha value is -1.73. The van der Waals surface area contributed by atoms with Crippen molar-refractivity contribution in [3.63, 3.8) is 0 Å². The van der Waals surface area contributed by atoms with E-state index in [9.17, 15) is 14.7 Å². The summed E-state index contributed by atoms with van der Waals surface area (Å²) in [6.07, 6.45) is 0.938. The van der Waals surface area contributed by atoms with Gasteiger partial charge in [-0.05, 0) is 25.8 Å². The van der Waals surface area contributed by atoms with Gasteiger partial charge < -0.3 is 15.0 Å². The molecule has 2 aromatic heterocycles. The van der Waals surface area contributed by atoms with E-state index in [4.69, 9.17) is 0 Å². The molecule has 2 N–H and O–H groups in total. The quantitative estimate of drug-likeness (QED) is 0.887. The Morgan fingerprint density at radius 3 is 2.95 bits per heavy atom. The molecule has 0 saturated carbocycles. The zero-order chi connectivity index (χ0) is 15.9. The molecule has 7 heteroatoms. The van der Waals surface area contributed by atoms with Crippen molar-refractivity contribution in [2.24, 2.45) is 0 Å². The number of aromatic nitrogens is 2. The number of likely N-dealkylation sites (tertiary alicyclic amines) is 1. The summed E-state index contributed by atoms with van der Waals surface area (Å²) in [6, 6.07) is 0. The van der Waals surface area contributed by atoms with Crippen LogP contribution >= 0.6 is 11.3 Å². The largest absolute Gasteiger partial charge is 0.391 e. The molecule has 0 spiro atoms. The van der Waals surface area contributed by atoms with Gasteiger partial charge in [0, 0.05) is 30.8 Å². The van der Waals surface area contributed by atoms with Crippen molar-refractivity contribution < 1.29 is 9.90 Å². The minimum atomic E-state index is -0.407. The van der Waals surface area contributed by atoms with Gasteiger partial charge in [0.05, 0.1) is 11.5 Å². The third kappa shape index (κ3) is 2.78. The molecular weight excluding hydrogens is 302 g/mol. The number of thiophene rings is 1. The molecule has 22 heavy (non-hydrogen) atoms. The number of hydrogen-bond donors (Lipinski definition) is 2. The maximum absolute atomic E-state index is 12.2.